The van der Waals surface area contributed by atoms with E-state index in [1.165, 1.54) is 0 Å². The van der Waals surface area contributed by atoms with Crippen molar-refractivity contribution in [3.8, 4) is 0 Å². The van der Waals surface area contributed by atoms with Crippen molar-refractivity contribution < 1.29 is 19.8 Å². The second-order valence-electron chi connectivity index (χ2n) is 5.20. The molecule has 0 spiro atoms. The Morgan fingerprint density at radius 3 is 2.52 bits per heavy atom. The minimum Gasteiger partial charge on any atom is -0.394 e. The summed E-state index contributed by atoms with van der Waals surface area (Å²) >= 11 is 0. The largest absolute Gasteiger partial charge is 0.394 e. The number of nitrogens with zero attached hydrogens (tertiary/aromatic N) is 1. The molecule has 2 unspecified atom stereocenters. The summed E-state index contributed by atoms with van der Waals surface area (Å²) in [6, 6.07) is 8.55. The summed E-state index contributed by atoms with van der Waals surface area (Å²) in [5.74, 6) is -0.381. The SMILES string of the molecule is CCCC1(c2ccccc2)NC(=O)N(CC(O)CO)C1=O. The molecule has 6 nitrogen and oxygen atoms in total. The lowest BCUT2D eigenvalue weighted by Crippen LogP contribution is -2.44. The van der Waals surface area contributed by atoms with Crippen LogP contribution in [0.4, 0.5) is 4.79 Å². The molecule has 0 saturated carbocycles. The van der Waals surface area contributed by atoms with Crippen LogP contribution in [0.2, 0.25) is 0 Å². The zero-order valence-corrected chi connectivity index (χ0v) is 12.0. The third-order valence-corrected chi connectivity index (χ3v) is 3.67. The number of carbonyl (C=O) groups excluding carboxylic acids is 2. The highest BCUT2D eigenvalue weighted by Gasteiger charge is 2.51. The lowest BCUT2D eigenvalue weighted by molar-refractivity contribution is -0.133. The Bertz CT molecular complexity index is 520. The Morgan fingerprint density at radius 1 is 1.29 bits per heavy atom. The van der Waals surface area contributed by atoms with Gasteiger partial charge in [0.2, 0.25) is 0 Å². The van der Waals surface area contributed by atoms with Gasteiger partial charge in [-0.2, -0.15) is 0 Å². The summed E-state index contributed by atoms with van der Waals surface area (Å²) in [5, 5.41) is 21.2. The van der Waals surface area contributed by atoms with Crippen LogP contribution < -0.4 is 5.32 Å². The Hall–Kier alpha value is -1.92. The van der Waals surface area contributed by atoms with E-state index >= 15 is 0 Å². The molecule has 1 aliphatic heterocycles. The maximum Gasteiger partial charge on any atom is 0.325 e. The Labute approximate surface area is 123 Å². The number of imide groups is 1. The van der Waals surface area contributed by atoms with Crippen molar-refractivity contribution in [3.63, 3.8) is 0 Å². The molecule has 1 fully saturated rings. The van der Waals surface area contributed by atoms with Crippen LogP contribution in [-0.4, -0.2) is 46.3 Å². The van der Waals surface area contributed by atoms with Crippen molar-refractivity contribution in [1.29, 1.82) is 0 Å². The summed E-state index contributed by atoms with van der Waals surface area (Å²) in [6.45, 7) is 1.23. The van der Waals surface area contributed by atoms with Crippen molar-refractivity contribution >= 4 is 11.9 Å². The van der Waals surface area contributed by atoms with Gasteiger partial charge in [-0.1, -0.05) is 43.7 Å². The van der Waals surface area contributed by atoms with Gasteiger partial charge in [0.15, 0.2) is 0 Å². The van der Waals surface area contributed by atoms with Crippen molar-refractivity contribution in [1.82, 2.24) is 10.2 Å². The number of rotatable bonds is 6. The molecule has 0 radical (unpaired) electrons. The molecule has 1 saturated heterocycles. The number of hydrogen-bond donors (Lipinski definition) is 3. The maximum atomic E-state index is 12.7. The summed E-state index contributed by atoms with van der Waals surface area (Å²) < 4.78 is 0. The van der Waals surface area contributed by atoms with E-state index < -0.39 is 24.3 Å². The molecule has 1 aromatic rings. The summed E-state index contributed by atoms with van der Waals surface area (Å²) in [5.41, 5.74) is -0.353. The molecular weight excluding hydrogens is 272 g/mol. The number of β-amino-alcohol motifs (C(OH)–C–C–N with tert-alkyl or cyclic N) is 1. The fourth-order valence-electron chi connectivity index (χ4n) is 2.67. The van der Waals surface area contributed by atoms with Gasteiger partial charge in [-0.25, -0.2) is 4.79 Å². The van der Waals surface area contributed by atoms with Crippen LogP contribution in [0.25, 0.3) is 0 Å². The molecular formula is C15H20N2O4. The Morgan fingerprint density at radius 2 is 1.95 bits per heavy atom. The smallest absolute Gasteiger partial charge is 0.325 e. The van der Waals surface area contributed by atoms with Gasteiger partial charge in [0.05, 0.1) is 19.3 Å². The van der Waals surface area contributed by atoms with Crippen molar-refractivity contribution in [2.75, 3.05) is 13.2 Å². The third kappa shape index (κ3) is 2.77. The highest BCUT2D eigenvalue weighted by atomic mass is 16.3. The molecule has 0 aromatic heterocycles. The molecule has 21 heavy (non-hydrogen) atoms. The van der Waals surface area contributed by atoms with Gasteiger partial charge in [-0.3, -0.25) is 9.69 Å². The number of aliphatic hydroxyl groups excluding tert-OH is 2. The van der Waals surface area contributed by atoms with Gasteiger partial charge in [-0.15, -0.1) is 0 Å². The van der Waals surface area contributed by atoms with Crippen LogP contribution in [-0.2, 0) is 10.3 Å². The lowest BCUT2D eigenvalue weighted by Gasteiger charge is -2.27. The van der Waals surface area contributed by atoms with Crippen LogP contribution in [0.15, 0.2) is 30.3 Å². The number of urea groups is 1. The zero-order valence-electron chi connectivity index (χ0n) is 12.0. The second-order valence-corrected chi connectivity index (χ2v) is 5.20. The Kier molecular flexibility index (Phi) is 4.59. The first kappa shape index (κ1) is 15.5. The summed E-state index contributed by atoms with van der Waals surface area (Å²) in [6.07, 6.45) is 0.0674. The predicted octanol–water partition coefficient (Wildman–Crippen LogP) is 0.587. The molecule has 1 heterocycles. The summed E-state index contributed by atoms with van der Waals surface area (Å²) in [7, 11) is 0. The number of aliphatic hydroxyl groups is 2. The van der Waals surface area contributed by atoms with E-state index in [1.54, 1.807) is 12.1 Å². The normalized spacial score (nSPS) is 23.3. The van der Waals surface area contributed by atoms with Crippen molar-refractivity contribution in [3.05, 3.63) is 35.9 Å². The molecule has 0 bridgehead atoms. The molecule has 0 aliphatic carbocycles. The fraction of sp³-hybridized carbons (Fsp3) is 0.467. The predicted molar refractivity (Wildman–Crippen MR) is 76.4 cm³/mol. The third-order valence-electron chi connectivity index (χ3n) is 3.67. The van der Waals surface area contributed by atoms with Crippen LogP contribution in [0.1, 0.15) is 25.3 Å². The number of amides is 3. The van der Waals surface area contributed by atoms with E-state index in [1.807, 2.05) is 25.1 Å². The van der Waals surface area contributed by atoms with Gasteiger partial charge >= 0.3 is 6.03 Å². The topological polar surface area (TPSA) is 89.9 Å². The first-order valence-electron chi connectivity index (χ1n) is 7.03. The van der Waals surface area contributed by atoms with Crippen LogP contribution in [0.3, 0.4) is 0 Å². The number of benzene rings is 1. The second kappa shape index (κ2) is 6.24. The van der Waals surface area contributed by atoms with E-state index in [2.05, 4.69) is 5.32 Å². The van der Waals surface area contributed by atoms with E-state index in [0.29, 0.717) is 6.42 Å². The average molecular weight is 292 g/mol. The highest BCUT2D eigenvalue weighted by molar-refractivity contribution is 6.07. The number of hydrogen-bond acceptors (Lipinski definition) is 4. The zero-order chi connectivity index (χ0) is 15.5. The van der Waals surface area contributed by atoms with E-state index in [-0.39, 0.29) is 12.5 Å². The first-order chi connectivity index (χ1) is 10.0. The Balaban J connectivity index is 2.35. The molecule has 1 aromatic carbocycles. The van der Waals surface area contributed by atoms with Gasteiger partial charge in [0.1, 0.15) is 5.54 Å². The molecule has 3 amide bonds. The lowest BCUT2D eigenvalue weighted by atomic mass is 9.85. The first-order valence-corrected chi connectivity index (χ1v) is 7.03. The quantitative estimate of drug-likeness (QED) is 0.669. The van der Waals surface area contributed by atoms with Crippen molar-refractivity contribution in [2.45, 2.75) is 31.4 Å². The number of carbonyl (C=O) groups is 2. The van der Waals surface area contributed by atoms with E-state index in [0.717, 1.165) is 16.9 Å². The molecule has 1 aliphatic rings. The fourth-order valence-corrected chi connectivity index (χ4v) is 2.67. The maximum absolute atomic E-state index is 12.7. The van der Waals surface area contributed by atoms with Gasteiger partial charge < -0.3 is 15.5 Å². The van der Waals surface area contributed by atoms with Gasteiger partial charge in [-0.05, 0) is 12.0 Å². The molecule has 3 N–H and O–H groups in total. The summed E-state index contributed by atoms with van der Waals surface area (Å²) in [4.78, 5) is 25.8. The van der Waals surface area contributed by atoms with Crippen LogP contribution in [0, 0.1) is 0 Å². The molecule has 114 valence electrons. The molecule has 2 atom stereocenters. The van der Waals surface area contributed by atoms with Crippen LogP contribution >= 0.6 is 0 Å². The minimum atomic E-state index is -1.13. The van der Waals surface area contributed by atoms with E-state index in [9.17, 15) is 14.7 Å². The number of nitrogens with one attached hydrogen (secondary N) is 1. The molecule has 6 heteroatoms. The highest BCUT2D eigenvalue weighted by Crippen LogP contribution is 2.33. The van der Waals surface area contributed by atoms with Gasteiger partial charge in [0, 0.05) is 0 Å². The average Bonchev–Trinajstić information content (AvgIpc) is 2.73. The standard InChI is InChI=1S/C15H20N2O4/c1-2-8-15(11-6-4-3-5-7-11)13(20)17(14(21)16-15)9-12(19)10-18/h3-7,12,18-19H,2,8-10H2,1H3,(H,16,21). The van der Waals surface area contributed by atoms with Crippen LogP contribution in [0.5, 0.6) is 0 Å². The minimum absolute atomic E-state index is 0.209. The van der Waals surface area contributed by atoms with Gasteiger partial charge in [0.25, 0.3) is 5.91 Å². The monoisotopic (exact) mass is 292 g/mol. The van der Waals surface area contributed by atoms with Crippen molar-refractivity contribution in [2.24, 2.45) is 0 Å². The van der Waals surface area contributed by atoms with E-state index in [4.69, 9.17) is 5.11 Å². The molecule has 2 rings (SSSR count).